The maximum Gasteiger partial charge on any atom is 0.329 e. The number of amides is 2. The number of carbonyl (C=O) groups is 3. The summed E-state index contributed by atoms with van der Waals surface area (Å²) in [6, 6.07) is 11.3. The predicted octanol–water partition coefficient (Wildman–Crippen LogP) is 2.98. The number of benzene rings is 2. The van der Waals surface area contributed by atoms with Crippen LogP contribution in [0.5, 0.6) is 5.75 Å². The van der Waals surface area contributed by atoms with Crippen LogP contribution in [-0.2, 0) is 41.6 Å². The number of ether oxygens (including phenoxy) is 4. The number of hydrogen-bond acceptors (Lipinski definition) is 10. The molecule has 3 saturated heterocycles. The minimum absolute atomic E-state index is 0.141. The summed E-state index contributed by atoms with van der Waals surface area (Å²) in [4.78, 5) is 45.8. The number of carbonyl (C=O) groups excluding carboxylic acids is 3. The van der Waals surface area contributed by atoms with Crippen LogP contribution in [0.25, 0.3) is 0 Å². The van der Waals surface area contributed by atoms with Gasteiger partial charge in [0.2, 0.25) is 0 Å². The van der Waals surface area contributed by atoms with Gasteiger partial charge in [-0.05, 0) is 64.7 Å². The summed E-state index contributed by atoms with van der Waals surface area (Å²) in [6.07, 6.45) is -2.13. The lowest BCUT2D eigenvalue weighted by molar-refractivity contribution is -0.159. The van der Waals surface area contributed by atoms with E-state index in [1.54, 1.807) is 68.1 Å². The summed E-state index contributed by atoms with van der Waals surface area (Å²) in [5.41, 5.74) is 0.660. The Hall–Kier alpha value is -2.97. The molecule has 1 unspecified atom stereocenters. The van der Waals surface area contributed by atoms with Gasteiger partial charge in [0.15, 0.2) is 12.2 Å². The van der Waals surface area contributed by atoms with Crippen LogP contribution < -0.4 is 15.4 Å². The number of likely N-dealkylation sites (N-methyl/N-ethyl adjacent to an activating group) is 2. The minimum atomic E-state index is -1.19. The molecule has 0 aliphatic carbocycles. The van der Waals surface area contributed by atoms with Crippen molar-refractivity contribution in [2.45, 2.75) is 57.6 Å². The molecule has 3 aliphatic heterocycles. The molecule has 2 aromatic carbocycles. The average Bonchev–Trinajstić information content (AvgIpc) is 3.55. The van der Waals surface area contributed by atoms with E-state index in [0.717, 1.165) is 31.7 Å². The van der Waals surface area contributed by atoms with Crippen LogP contribution in [0, 0.1) is 0 Å². The van der Waals surface area contributed by atoms with Gasteiger partial charge in [-0.3, -0.25) is 9.59 Å². The van der Waals surface area contributed by atoms with Gasteiger partial charge in [0.05, 0.1) is 0 Å². The van der Waals surface area contributed by atoms with Crippen molar-refractivity contribution in [1.29, 1.82) is 0 Å². The molecule has 2 N–H and O–H groups in total. The molecule has 14 heteroatoms. The number of nitrogens with zero attached hydrogens (tertiary/aromatic N) is 3. The lowest BCUT2D eigenvalue weighted by atomic mass is 10.0. The number of nitrogens with one attached hydrogen (secondary N) is 2. The summed E-state index contributed by atoms with van der Waals surface area (Å²) in [5.74, 6) is -0.949. The summed E-state index contributed by atoms with van der Waals surface area (Å²) >= 11 is 12.5. The Morgan fingerprint density at radius 3 is 2.06 bits per heavy atom. The second kappa shape index (κ2) is 18.3. The first-order valence-electron chi connectivity index (χ1n) is 16.6. The molecular weight excluding hydrogens is 673 g/mol. The van der Waals surface area contributed by atoms with Crippen molar-refractivity contribution in [2.24, 2.45) is 0 Å². The van der Waals surface area contributed by atoms with Crippen molar-refractivity contribution in [3.8, 4) is 5.75 Å². The first kappa shape index (κ1) is 38.8. The first-order chi connectivity index (χ1) is 23.3. The molecule has 0 aromatic heterocycles. The number of hydrogen-bond donors (Lipinski definition) is 2. The van der Waals surface area contributed by atoms with E-state index >= 15 is 0 Å². The maximum absolute atomic E-state index is 13.4. The van der Waals surface area contributed by atoms with Crippen molar-refractivity contribution in [3.63, 3.8) is 0 Å². The van der Waals surface area contributed by atoms with Crippen LogP contribution in [-0.4, -0.2) is 130 Å². The Labute approximate surface area is 299 Å². The molecule has 2 amide bonds. The van der Waals surface area contributed by atoms with Crippen molar-refractivity contribution >= 4 is 41.0 Å². The highest BCUT2D eigenvalue weighted by molar-refractivity contribution is 6.35. The smallest absolute Gasteiger partial charge is 0.329 e. The third kappa shape index (κ3) is 12.1. The monoisotopic (exact) mass is 721 g/mol. The van der Waals surface area contributed by atoms with Crippen molar-refractivity contribution < 1.29 is 33.3 Å². The van der Waals surface area contributed by atoms with Gasteiger partial charge in [0.1, 0.15) is 30.8 Å². The zero-order valence-electron chi connectivity index (χ0n) is 29.0. The van der Waals surface area contributed by atoms with E-state index in [0.29, 0.717) is 34.4 Å². The minimum Gasteiger partial charge on any atom is -0.489 e. The molecule has 5 rings (SSSR count). The fourth-order valence-electron chi connectivity index (χ4n) is 5.36. The summed E-state index contributed by atoms with van der Waals surface area (Å²) in [7, 11) is 4.14. The fourth-order valence-corrected chi connectivity index (χ4v) is 5.87. The topological polar surface area (TPSA) is 122 Å². The van der Waals surface area contributed by atoms with Crippen LogP contribution in [0.3, 0.4) is 0 Å². The average molecular weight is 723 g/mol. The number of rotatable bonds is 9. The highest BCUT2D eigenvalue weighted by Gasteiger charge is 2.44. The molecule has 0 bridgehead atoms. The molecule has 3 fully saturated rings. The molecule has 49 heavy (non-hydrogen) atoms. The van der Waals surface area contributed by atoms with Crippen LogP contribution in [0.4, 0.5) is 0 Å². The lowest BCUT2D eigenvalue weighted by Crippen LogP contribution is -2.56. The van der Waals surface area contributed by atoms with E-state index < -0.39 is 35.7 Å². The molecule has 3 heterocycles. The van der Waals surface area contributed by atoms with E-state index in [1.165, 1.54) is 13.1 Å². The van der Waals surface area contributed by atoms with Gasteiger partial charge in [-0.15, -0.1) is 0 Å². The lowest BCUT2D eigenvalue weighted by Gasteiger charge is -2.34. The second-order valence-electron chi connectivity index (χ2n) is 13.4. The van der Waals surface area contributed by atoms with Gasteiger partial charge in [-0.1, -0.05) is 41.4 Å². The first-order valence-corrected chi connectivity index (χ1v) is 17.3. The van der Waals surface area contributed by atoms with Gasteiger partial charge in [-0.25, -0.2) is 4.79 Å². The number of piperazine rings is 2. The van der Waals surface area contributed by atoms with E-state index in [2.05, 4.69) is 27.5 Å². The van der Waals surface area contributed by atoms with Gasteiger partial charge >= 0.3 is 5.97 Å². The Morgan fingerprint density at radius 2 is 1.49 bits per heavy atom. The van der Waals surface area contributed by atoms with E-state index in [-0.39, 0.29) is 25.7 Å². The maximum atomic E-state index is 13.4. The molecule has 3 aliphatic rings. The van der Waals surface area contributed by atoms with Crippen LogP contribution >= 0.6 is 23.2 Å². The van der Waals surface area contributed by atoms with Gasteiger partial charge in [0.25, 0.3) is 11.8 Å². The molecule has 0 saturated carbocycles. The van der Waals surface area contributed by atoms with Crippen LogP contribution in [0.1, 0.15) is 31.9 Å². The van der Waals surface area contributed by atoms with Gasteiger partial charge < -0.3 is 44.3 Å². The Bertz CT molecular complexity index is 1370. The molecule has 3 atom stereocenters. The third-order valence-corrected chi connectivity index (χ3v) is 8.95. The molecule has 0 spiro atoms. The summed E-state index contributed by atoms with van der Waals surface area (Å²) in [5, 5.41) is 7.04. The standard InChI is InChI=1S/C30H37Cl2N3O7.C5H12N2/c1-30(2,3)42-29(38)24(16-19-8-10-20(11-9-19)39-17-21-22(31)6-5-7-23(21)32)33-27(36)25-26(41-18-40-25)28(37)35-14-12-34(4)13-15-35;1-7-4-2-6-3-5-7/h5-11,24-26H,12-18H2,1-4H3,(H,33,36);6H,2-5H2,1H3/t24?,25-,26-;/m1./s1. The largest absolute Gasteiger partial charge is 0.489 e. The van der Waals surface area contributed by atoms with Crippen molar-refractivity contribution in [1.82, 2.24) is 25.3 Å². The Morgan fingerprint density at radius 1 is 0.898 bits per heavy atom. The zero-order chi connectivity index (χ0) is 35.6. The number of esters is 1. The summed E-state index contributed by atoms with van der Waals surface area (Å²) < 4.78 is 22.5. The zero-order valence-corrected chi connectivity index (χ0v) is 30.5. The van der Waals surface area contributed by atoms with Crippen LogP contribution in [0.2, 0.25) is 10.0 Å². The summed E-state index contributed by atoms with van der Waals surface area (Å²) in [6.45, 7) is 12.5. The fraction of sp³-hybridized carbons (Fsp3) is 0.571. The molecule has 270 valence electrons. The van der Waals surface area contributed by atoms with E-state index in [1.807, 2.05) is 7.05 Å². The van der Waals surface area contributed by atoms with Gasteiger partial charge in [-0.2, -0.15) is 0 Å². The van der Waals surface area contributed by atoms with Crippen molar-refractivity contribution in [2.75, 3.05) is 73.2 Å². The van der Waals surface area contributed by atoms with Crippen molar-refractivity contribution in [3.05, 3.63) is 63.6 Å². The molecule has 0 radical (unpaired) electrons. The SMILES string of the molecule is CN1CCN(C(=O)[C@@H]2OCO[C@H]2C(=O)NC(Cc2ccc(OCc3c(Cl)cccc3Cl)cc2)C(=O)OC(C)(C)C)CC1.CN1CCNCC1. The quantitative estimate of drug-likeness (QED) is 0.374. The van der Waals surface area contributed by atoms with E-state index in [4.69, 9.17) is 42.1 Å². The highest BCUT2D eigenvalue weighted by atomic mass is 35.5. The Kier molecular flexibility index (Phi) is 14.5. The highest BCUT2D eigenvalue weighted by Crippen LogP contribution is 2.26. The van der Waals surface area contributed by atoms with Crippen LogP contribution in [0.15, 0.2) is 42.5 Å². The predicted molar refractivity (Wildman–Crippen MR) is 188 cm³/mol. The molecule has 12 nitrogen and oxygen atoms in total. The Balaban J connectivity index is 0.000000686. The molecule has 2 aromatic rings. The van der Waals surface area contributed by atoms with Gasteiger partial charge in [0, 0.05) is 74.4 Å². The number of halogens is 2. The molecular formula is C35H49Cl2N5O7. The normalized spacial score (nSPS) is 20.9. The second-order valence-corrected chi connectivity index (χ2v) is 14.2. The third-order valence-electron chi connectivity index (χ3n) is 8.24. The van der Waals surface area contributed by atoms with E-state index in [9.17, 15) is 14.4 Å².